The Morgan fingerprint density at radius 3 is 2.50 bits per heavy atom. The molecule has 0 radical (unpaired) electrons. The summed E-state index contributed by atoms with van der Waals surface area (Å²) >= 11 is 0. The predicted molar refractivity (Wildman–Crippen MR) is 75.5 cm³/mol. The minimum Gasteiger partial charge on any atom is -0.871 e. The first-order chi connectivity index (χ1) is 8.38. The van der Waals surface area contributed by atoms with Crippen LogP contribution >= 0.6 is 0 Å². The topological polar surface area (TPSA) is 26.1 Å². The van der Waals surface area contributed by atoms with Crippen molar-refractivity contribution in [2.45, 2.75) is 47.0 Å². The second-order valence-electron chi connectivity index (χ2n) is 5.90. The van der Waals surface area contributed by atoms with Gasteiger partial charge in [-0.2, -0.15) is 0 Å². The summed E-state index contributed by atoms with van der Waals surface area (Å²) in [6.45, 7) is 12.7. The lowest BCUT2D eigenvalue weighted by Crippen LogP contribution is -2.31. The smallest absolute Gasteiger partial charge is 0.193 e. The van der Waals surface area contributed by atoms with Gasteiger partial charge in [-0.1, -0.05) is 45.3 Å². The Morgan fingerprint density at radius 1 is 1.33 bits per heavy atom. The Balaban J connectivity index is 3.30. The fourth-order valence-corrected chi connectivity index (χ4v) is 2.13. The summed E-state index contributed by atoms with van der Waals surface area (Å²) in [6.07, 6.45) is 8.93. The Bertz CT molecular complexity index is 405. The molecule has 0 fully saturated rings. The Labute approximate surface area is 111 Å². The minimum atomic E-state index is -0.349. The van der Waals surface area contributed by atoms with E-state index in [9.17, 15) is 5.11 Å². The van der Waals surface area contributed by atoms with Crippen molar-refractivity contribution in [2.75, 3.05) is 6.54 Å². The van der Waals surface area contributed by atoms with Gasteiger partial charge >= 0.3 is 0 Å². The van der Waals surface area contributed by atoms with Gasteiger partial charge in [-0.15, -0.1) is 0 Å². The van der Waals surface area contributed by atoms with Crippen LogP contribution in [0.25, 0.3) is 0 Å². The van der Waals surface area contributed by atoms with E-state index in [0.717, 1.165) is 25.1 Å². The highest BCUT2D eigenvalue weighted by molar-refractivity contribution is 5.77. The quantitative estimate of drug-likeness (QED) is 0.428. The van der Waals surface area contributed by atoms with Gasteiger partial charge in [-0.3, -0.25) is 0 Å². The van der Waals surface area contributed by atoms with Crippen LogP contribution < -0.4 is 5.11 Å². The van der Waals surface area contributed by atoms with Gasteiger partial charge in [-0.05, 0) is 11.8 Å². The molecule has 2 heteroatoms. The van der Waals surface area contributed by atoms with E-state index in [2.05, 4.69) is 18.1 Å². The summed E-state index contributed by atoms with van der Waals surface area (Å²) in [7, 11) is 0. The van der Waals surface area contributed by atoms with Crippen LogP contribution in [0.4, 0.5) is 0 Å². The molecule has 0 aromatic rings. The molecule has 0 atom stereocenters. The molecular formula is C16H25NO. The highest BCUT2D eigenvalue weighted by Gasteiger charge is 2.23. The number of hydrogen-bond acceptors (Lipinski definition) is 1. The maximum absolute atomic E-state index is 12.5. The van der Waals surface area contributed by atoms with Crippen molar-refractivity contribution >= 4 is 5.71 Å². The fourth-order valence-electron chi connectivity index (χ4n) is 2.13. The Kier molecular flexibility index (Phi) is 4.94. The standard InChI is InChI=1S/C16H25NO/c1-6-7-11-14(15(18)16(3,4)5)17-12-9-8-10-13(17)2/h6-7,11H,1,8-10,12H2,2-5H3/b11-7+,15-14+. The molecule has 1 rings (SSSR count). The van der Waals surface area contributed by atoms with Crippen molar-refractivity contribution in [2.24, 2.45) is 5.41 Å². The van der Waals surface area contributed by atoms with E-state index in [0.29, 0.717) is 0 Å². The highest BCUT2D eigenvalue weighted by atomic mass is 16.3. The minimum absolute atomic E-state index is 0.196. The second kappa shape index (κ2) is 6.03. The normalized spacial score (nSPS) is 19.1. The van der Waals surface area contributed by atoms with E-state index >= 15 is 0 Å². The number of allylic oxidation sites excluding steroid dienone is 4. The largest absolute Gasteiger partial charge is 0.871 e. The van der Waals surface area contributed by atoms with Gasteiger partial charge in [0.1, 0.15) is 6.54 Å². The molecule has 2 nitrogen and oxygen atoms in total. The molecule has 0 aliphatic carbocycles. The van der Waals surface area contributed by atoms with Crippen molar-refractivity contribution < 1.29 is 9.68 Å². The second-order valence-corrected chi connectivity index (χ2v) is 5.90. The predicted octanol–water partition coefficient (Wildman–Crippen LogP) is 3.00. The summed E-state index contributed by atoms with van der Waals surface area (Å²) in [4.78, 5) is 0. The summed E-state index contributed by atoms with van der Waals surface area (Å²) in [5.74, 6) is 0.196. The number of nitrogens with zero attached hydrogens (tertiary/aromatic N) is 1. The van der Waals surface area contributed by atoms with Gasteiger partial charge in [0.2, 0.25) is 0 Å². The van der Waals surface area contributed by atoms with E-state index in [-0.39, 0.29) is 11.2 Å². The molecule has 0 unspecified atom stereocenters. The fraction of sp³-hybridized carbons (Fsp3) is 0.562. The van der Waals surface area contributed by atoms with Crippen molar-refractivity contribution in [3.8, 4) is 0 Å². The van der Waals surface area contributed by atoms with Crippen LogP contribution in [-0.2, 0) is 0 Å². The summed E-state index contributed by atoms with van der Waals surface area (Å²) in [5.41, 5.74) is 1.75. The van der Waals surface area contributed by atoms with Crippen molar-refractivity contribution in [1.82, 2.24) is 0 Å². The first kappa shape index (κ1) is 14.7. The third-order valence-electron chi connectivity index (χ3n) is 3.23. The van der Waals surface area contributed by atoms with Crippen LogP contribution in [0.15, 0.2) is 36.3 Å². The lowest BCUT2D eigenvalue weighted by Gasteiger charge is -2.29. The number of hydrogen-bond donors (Lipinski definition) is 0. The molecular weight excluding hydrogens is 222 g/mol. The van der Waals surface area contributed by atoms with Crippen LogP contribution in [0.2, 0.25) is 0 Å². The van der Waals surface area contributed by atoms with E-state index in [1.165, 1.54) is 12.1 Å². The molecule has 0 amide bonds. The lowest BCUT2D eigenvalue weighted by atomic mass is 9.92. The molecule has 18 heavy (non-hydrogen) atoms. The van der Waals surface area contributed by atoms with E-state index in [1.807, 2.05) is 32.9 Å². The molecule has 100 valence electrons. The van der Waals surface area contributed by atoms with Gasteiger partial charge in [0.05, 0.1) is 0 Å². The molecule has 0 spiro atoms. The molecule has 0 saturated heterocycles. The summed E-state index contributed by atoms with van der Waals surface area (Å²) in [6, 6.07) is 0. The van der Waals surface area contributed by atoms with Gasteiger partial charge in [0, 0.05) is 25.8 Å². The third-order valence-corrected chi connectivity index (χ3v) is 3.23. The monoisotopic (exact) mass is 247 g/mol. The molecule has 1 aliphatic rings. The van der Waals surface area contributed by atoms with Gasteiger partial charge in [-0.25, -0.2) is 4.58 Å². The van der Waals surface area contributed by atoms with Crippen molar-refractivity contribution in [1.29, 1.82) is 0 Å². The third kappa shape index (κ3) is 3.59. The lowest BCUT2D eigenvalue weighted by molar-refractivity contribution is -0.492. The zero-order valence-corrected chi connectivity index (χ0v) is 12.1. The molecule has 0 N–H and O–H groups in total. The zero-order chi connectivity index (χ0) is 13.8. The maximum atomic E-state index is 12.5. The highest BCUT2D eigenvalue weighted by Crippen LogP contribution is 2.25. The molecule has 0 bridgehead atoms. The van der Waals surface area contributed by atoms with Crippen molar-refractivity contribution in [3.05, 3.63) is 36.3 Å². The van der Waals surface area contributed by atoms with Crippen LogP contribution in [0.3, 0.4) is 0 Å². The molecule has 0 aromatic heterocycles. The van der Waals surface area contributed by atoms with Crippen LogP contribution in [-0.4, -0.2) is 16.8 Å². The summed E-state index contributed by atoms with van der Waals surface area (Å²) in [5, 5.41) is 12.5. The maximum Gasteiger partial charge on any atom is 0.193 e. The van der Waals surface area contributed by atoms with E-state index in [4.69, 9.17) is 0 Å². The van der Waals surface area contributed by atoms with Gasteiger partial charge in [0.25, 0.3) is 0 Å². The van der Waals surface area contributed by atoms with Crippen LogP contribution in [0.5, 0.6) is 0 Å². The van der Waals surface area contributed by atoms with Gasteiger partial charge < -0.3 is 5.11 Å². The van der Waals surface area contributed by atoms with Crippen molar-refractivity contribution in [3.63, 3.8) is 0 Å². The van der Waals surface area contributed by atoms with Crippen LogP contribution in [0.1, 0.15) is 47.0 Å². The first-order valence-corrected chi connectivity index (χ1v) is 6.68. The Morgan fingerprint density at radius 2 is 2.00 bits per heavy atom. The average molecular weight is 247 g/mol. The number of rotatable bonds is 3. The Hall–Kier alpha value is -1.31. The average Bonchev–Trinajstić information content (AvgIpc) is 2.30. The van der Waals surface area contributed by atoms with E-state index < -0.39 is 0 Å². The summed E-state index contributed by atoms with van der Waals surface area (Å²) < 4.78 is 2.18. The zero-order valence-electron chi connectivity index (χ0n) is 12.1. The van der Waals surface area contributed by atoms with Gasteiger partial charge in [0.15, 0.2) is 11.4 Å². The first-order valence-electron chi connectivity index (χ1n) is 6.68. The SMILES string of the molecule is C=C/C=C/C(=C(\[O-])C(C)(C)C)[N+]1=C(C)CCCC1. The molecule has 1 heterocycles. The van der Waals surface area contributed by atoms with Crippen LogP contribution in [0, 0.1) is 5.41 Å². The van der Waals surface area contributed by atoms with E-state index in [1.54, 1.807) is 6.08 Å². The molecule has 1 aliphatic heterocycles. The molecule has 0 saturated carbocycles. The molecule has 0 aromatic carbocycles.